The monoisotopic (exact) mass is 262 g/mol. The molecule has 0 fully saturated rings. The summed E-state index contributed by atoms with van der Waals surface area (Å²) >= 11 is 0. The first-order chi connectivity index (χ1) is 9.06. The normalized spacial score (nSPS) is 12.4. The molecule has 1 nitrogen and oxygen atoms in total. The van der Waals surface area contributed by atoms with E-state index in [4.69, 9.17) is 0 Å². The lowest BCUT2D eigenvalue weighted by molar-refractivity contribution is 0.163. The summed E-state index contributed by atoms with van der Waals surface area (Å²) in [5, 5.41) is 9.95. The van der Waals surface area contributed by atoms with E-state index in [-0.39, 0.29) is 5.56 Å². The Balaban J connectivity index is 2.01. The molecule has 0 amide bonds. The van der Waals surface area contributed by atoms with E-state index in [2.05, 4.69) is 0 Å². The van der Waals surface area contributed by atoms with Crippen LogP contribution in [0.2, 0.25) is 0 Å². The Morgan fingerprint density at radius 2 is 1.74 bits per heavy atom. The van der Waals surface area contributed by atoms with Crippen molar-refractivity contribution in [1.82, 2.24) is 0 Å². The van der Waals surface area contributed by atoms with Gasteiger partial charge in [0, 0.05) is 11.6 Å². The Kier molecular flexibility index (Phi) is 4.27. The second-order valence-electron chi connectivity index (χ2n) is 4.71. The second kappa shape index (κ2) is 5.93. The van der Waals surface area contributed by atoms with Crippen LogP contribution in [0.5, 0.6) is 0 Å². The summed E-state index contributed by atoms with van der Waals surface area (Å²) in [6.45, 7) is 2.01. The molecule has 19 heavy (non-hydrogen) atoms. The average molecular weight is 262 g/mol. The fourth-order valence-corrected chi connectivity index (χ4v) is 1.99. The second-order valence-corrected chi connectivity index (χ2v) is 4.71. The van der Waals surface area contributed by atoms with Gasteiger partial charge in [-0.3, -0.25) is 0 Å². The van der Waals surface area contributed by atoms with Crippen molar-refractivity contribution >= 4 is 0 Å². The van der Waals surface area contributed by atoms with Crippen molar-refractivity contribution in [3.05, 3.63) is 70.8 Å². The third-order valence-electron chi connectivity index (χ3n) is 3.15. The van der Waals surface area contributed by atoms with E-state index in [1.165, 1.54) is 11.6 Å². The first-order valence-electron chi connectivity index (χ1n) is 6.25. The van der Waals surface area contributed by atoms with E-state index in [9.17, 15) is 13.9 Å². The first-order valence-corrected chi connectivity index (χ1v) is 6.25. The number of rotatable bonds is 4. The highest BCUT2D eigenvalue weighted by Gasteiger charge is 2.13. The molecule has 0 bridgehead atoms. The molecule has 3 heteroatoms. The minimum absolute atomic E-state index is 0.147. The lowest BCUT2D eigenvalue weighted by Crippen LogP contribution is -2.03. The number of benzene rings is 2. The predicted molar refractivity (Wildman–Crippen MR) is 70.8 cm³/mol. The molecule has 100 valence electrons. The summed E-state index contributed by atoms with van der Waals surface area (Å²) in [4.78, 5) is 0. The van der Waals surface area contributed by atoms with Crippen LogP contribution in [0.25, 0.3) is 0 Å². The minimum Gasteiger partial charge on any atom is -0.388 e. The van der Waals surface area contributed by atoms with Gasteiger partial charge in [-0.05, 0) is 31.4 Å². The van der Waals surface area contributed by atoms with E-state index in [1.54, 1.807) is 0 Å². The summed E-state index contributed by atoms with van der Waals surface area (Å²) in [5.74, 6) is -1.33. The SMILES string of the molecule is Cc1ccc(CCC(O)c2ccc(F)cc2F)cc1. The van der Waals surface area contributed by atoms with Crippen molar-refractivity contribution < 1.29 is 13.9 Å². The summed E-state index contributed by atoms with van der Waals surface area (Å²) in [6, 6.07) is 11.2. The zero-order valence-corrected chi connectivity index (χ0v) is 10.7. The molecule has 0 radical (unpaired) electrons. The third-order valence-corrected chi connectivity index (χ3v) is 3.15. The van der Waals surface area contributed by atoms with Crippen molar-refractivity contribution in [2.75, 3.05) is 0 Å². The Hall–Kier alpha value is -1.74. The van der Waals surface area contributed by atoms with E-state index < -0.39 is 17.7 Å². The van der Waals surface area contributed by atoms with Crippen molar-refractivity contribution in [2.24, 2.45) is 0 Å². The molecule has 1 atom stereocenters. The van der Waals surface area contributed by atoms with Crippen LogP contribution in [-0.4, -0.2) is 5.11 Å². The summed E-state index contributed by atoms with van der Waals surface area (Å²) in [6.07, 6.45) is 0.144. The summed E-state index contributed by atoms with van der Waals surface area (Å²) in [5.41, 5.74) is 2.41. The van der Waals surface area contributed by atoms with Crippen LogP contribution < -0.4 is 0 Å². The molecule has 0 aliphatic rings. The molecule has 2 aromatic rings. The van der Waals surface area contributed by atoms with Crippen LogP contribution in [-0.2, 0) is 6.42 Å². The molecule has 0 saturated heterocycles. The van der Waals surface area contributed by atoms with Gasteiger partial charge in [-0.15, -0.1) is 0 Å². The smallest absolute Gasteiger partial charge is 0.131 e. The van der Waals surface area contributed by atoms with Gasteiger partial charge in [0.25, 0.3) is 0 Å². The topological polar surface area (TPSA) is 20.2 Å². The number of hydrogen-bond donors (Lipinski definition) is 1. The van der Waals surface area contributed by atoms with Crippen molar-refractivity contribution in [1.29, 1.82) is 0 Å². The molecule has 0 aliphatic heterocycles. The summed E-state index contributed by atoms with van der Waals surface area (Å²) < 4.78 is 26.3. The number of aryl methyl sites for hydroxylation is 2. The number of aliphatic hydroxyl groups is 1. The highest BCUT2D eigenvalue weighted by Crippen LogP contribution is 2.22. The lowest BCUT2D eigenvalue weighted by Gasteiger charge is -2.12. The largest absolute Gasteiger partial charge is 0.388 e. The number of halogens is 2. The fourth-order valence-electron chi connectivity index (χ4n) is 1.99. The van der Waals surface area contributed by atoms with Gasteiger partial charge in [0.15, 0.2) is 0 Å². The molecule has 0 aliphatic carbocycles. The predicted octanol–water partition coefficient (Wildman–Crippen LogP) is 3.94. The zero-order chi connectivity index (χ0) is 13.8. The Bertz CT molecular complexity index is 549. The Morgan fingerprint density at radius 1 is 1.05 bits per heavy atom. The molecule has 0 saturated carbocycles. The van der Waals surface area contributed by atoms with Gasteiger partial charge in [0.05, 0.1) is 6.10 Å². The number of hydrogen-bond acceptors (Lipinski definition) is 1. The van der Waals surface area contributed by atoms with E-state index in [1.807, 2.05) is 31.2 Å². The quantitative estimate of drug-likeness (QED) is 0.884. The summed E-state index contributed by atoms with van der Waals surface area (Å²) in [7, 11) is 0. The first kappa shape index (κ1) is 13.7. The van der Waals surface area contributed by atoms with Gasteiger partial charge in [0.1, 0.15) is 11.6 Å². The van der Waals surface area contributed by atoms with Crippen LogP contribution in [0.4, 0.5) is 8.78 Å². The van der Waals surface area contributed by atoms with Crippen LogP contribution >= 0.6 is 0 Å². The molecule has 1 N–H and O–H groups in total. The van der Waals surface area contributed by atoms with E-state index in [0.717, 1.165) is 17.7 Å². The highest BCUT2D eigenvalue weighted by molar-refractivity contribution is 5.23. The van der Waals surface area contributed by atoms with Crippen LogP contribution in [0.1, 0.15) is 29.2 Å². The maximum absolute atomic E-state index is 13.5. The molecular weight excluding hydrogens is 246 g/mol. The molecule has 2 aromatic carbocycles. The van der Waals surface area contributed by atoms with Gasteiger partial charge >= 0.3 is 0 Å². The molecular formula is C16H16F2O. The fraction of sp³-hybridized carbons (Fsp3) is 0.250. The van der Waals surface area contributed by atoms with Crippen LogP contribution in [0.15, 0.2) is 42.5 Å². The van der Waals surface area contributed by atoms with Crippen molar-refractivity contribution in [3.63, 3.8) is 0 Å². The minimum atomic E-state index is -0.915. The van der Waals surface area contributed by atoms with Gasteiger partial charge in [-0.1, -0.05) is 35.9 Å². The molecule has 0 heterocycles. The Labute approximate surface area is 111 Å². The standard InChI is InChI=1S/C16H16F2O/c1-11-2-4-12(5-3-11)6-9-16(19)14-8-7-13(17)10-15(14)18/h2-5,7-8,10,16,19H,6,9H2,1H3. The van der Waals surface area contributed by atoms with Gasteiger partial charge in [-0.25, -0.2) is 8.78 Å². The van der Waals surface area contributed by atoms with Crippen molar-refractivity contribution in [2.45, 2.75) is 25.9 Å². The van der Waals surface area contributed by atoms with Gasteiger partial charge in [-0.2, -0.15) is 0 Å². The number of aliphatic hydroxyl groups excluding tert-OH is 1. The Morgan fingerprint density at radius 3 is 2.37 bits per heavy atom. The highest BCUT2D eigenvalue weighted by atomic mass is 19.1. The maximum Gasteiger partial charge on any atom is 0.131 e. The van der Waals surface area contributed by atoms with Gasteiger partial charge < -0.3 is 5.11 Å². The van der Waals surface area contributed by atoms with E-state index >= 15 is 0 Å². The third kappa shape index (κ3) is 3.61. The lowest BCUT2D eigenvalue weighted by atomic mass is 10.0. The average Bonchev–Trinajstić information content (AvgIpc) is 2.37. The van der Waals surface area contributed by atoms with Gasteiger partial charge in [0.2, 0.25) is 0 Å². The van der Waals surface area contributed by atoms with E-state index in [0.29, 0.717) is 12.8 Å². The van der Waals surface area contributed by atoms with Crippen molar-refractivity contribution in [3.8, 4) is 0 Å². The maximum atomic E-state index is 13.5. The zero-order valence-electron chi connectivity index (χ0n) is 10.7. The van der Waals surface area contributed by atoms with Crippen LogP contribution in [0.3, 0.4) is 0 Å². The molecule has 1 unspecified atom stereocenters. The molecule has 0 spiro atoms. The molecule has 2 rings (SSSR count). The molecule has 0 aromatic heterocycles. The van der Waals surface area contributed by atoms with Crippen LogP contribution in [0, 0.1) is 18.6 Å².